The molecule has 0 aliphatic carbocycles. The minimum Gasteiger partial charge on any atom is -0.496 e. The summed E-state index contributed by atoms with van der Waals surface area (Å²) < 4.78 is 82.9. The summed E-state index contributed by atoms with van der Waals surface area (Å²) in [5.41, 5.74) is 13.3. The molecule has 0 saturated carbocycles. The van der Waals surface area contributed by atoms with Crippen LogP contribution in [0.1, 0.15) is 83.8 Å². The average Bonchev–Trinajstić information content (AvgIpc) is 1.62. The van der Waals surface area contributed by atoms with Crippen molar-refractivity contribution in [2.75, 3.05) is 197 Å². The van der Waals surface area contributed by atoms with Crippen molar-refractivity contribution in [1.82, 2.24) is 57.8 Å². The molecule has 40 nitrogen and oxygen atoms in total. The molecule has 2 bridgehead atoms. The maximum atomic E-state index is 15.4. The number of methoxy groups -OCH3 is 1. The number of Topliss-reactive ketones (excluding diaryl/α,β-unsaturated/α-hetero) is 2. The maximum Gasteiger partial charge on any atom is 0.306 e. The monoisotopic (exact) mass is 1700 g/mol. The number of amides is 8. The zero-order valence-electron chi connectivity index (χ0n) is 67.3. The summed E-state index contributed by atoms with van der Waals surface area (Å²) in [6, 6.07) is -5.40. The number of primary amides is 1. The van der Waals surface area contributed by atoms with Crippen molar-refractivity contribution in [2.45, 2.75) is 132 Å². The van der Waals surface area contributed by atoms with Crippen LogP contribution in [0.2, 0.25) is 0 Å². The van der Waals surface area contributed by atoms with Gasteiger partial charge in [0.05, 0.1) is 237 Å². The van der Waals surface area contributed by atoms with Gasteiger partial charge in [0.15, 0.2) is 5.78 Å². The van der Waals surface area contributed by atoms with Crippen LogP contribution >= 0.6 is 11.8 Å². The van der Waals surface area contributed by atoms with E-state index in [-0.39, 0.29) is 54.8 Å². The second-order valence-corrected chi connectivity index (χ2v) is 30.8. The molecule has 8 amide bonds. The summed E-state index contributed by atoms with van der Waals surface area (Å²) in [5.74, 6) is -12.9. The first-order valence-electron chi connectivity index (χ1n) is 39.4. The lowest BCUT2D eigenvalue weighted by Crippen LogP contribution is -2.61. The number of carbonyl (C=O) groups is 11. The fourth-order valence-electron chi connectivity index (χ4n) is 12.6. The van der Waals surface area contributed by atoms with Crippen molar-refractivity contribution in [3.63, 3.8) is 0 Å². The van der Waals surface area contributed by atoms with Crippen molar-refractivity contribution in [3.8, 4) is 5.75 Å². The number of aromatic nitrogens is 1. The normalized spacial score (nSPS) is 21.9. The molecule has 660 valence electrons. The van der Waals surface area contributed by atoms with Crippen molar-refractivity contribution in [1.29, 1.82) is 0 Å². The Morgan fingerprint density at radius 3 is 1.80 bits per heavy atom. The zero-order chi connectivity index (χ0) is 85.0. The summed E-state index contributed by atoms with van der Waals surface area (Å²) in [6.07, 6.45) is -3.90. The topological polar surface area (TPSA) is 541 Å². The molecular weight excluding hydrogens is 1580 g/mol. The van der Waals surface area contributed by atoms with E-state index >= 15 is 4.21 Å². The minimum atomic E-state index is -2.42. The number of nitrogens with zero attached hydrogens (tertiary/aromatic N) is 2. The highest BCUT2D eigenvalue weighted by Crippen LogP contribution is 2.37. The van der Waals surface area contributed by atoms with Gasteiger partial charge in [-0.05, 0) is 23.6 Å². The molecule has 1 aromatic heterocycles. The van der Waals surface area contributed by atoms with Gasteiger partial charge in [0.1, 0.15) is 40.7 Å². The predicted octanol–water partition coefficient (Wildman–Crippen LogP) is -3.48. The standard InChI is InChI=1S/C75H120N12O28S2/c1-6-47(2)54-36-51(89)7-9-61(91)57-38-55-53-8-10-63(104-5)56(68(53)83-73(55)117(103)46-59(79-66(95)41-78-69(54)96)70(97)81-58(39-64(76)93)74(100)87-43-52(90)37-60(87)71(98)82-67(72(99)80-57)49(4)62(92)44-88)45-116-34-33-115-32-31-114-30-29-113-28-27-112-26-25-111-24-23-110-22-21-109-20-19-108-18-17-107-16-15-106-14-13-105-12-11-86-42-50(84-85-86)40-77-65(94)35-48(3)75(101)102/h8,10,42,47-49,52,54,57-60,62,67,83-85,88,90,92H,6-7,9,11-41,43-46H2,1-5H3,(H2,76,93)(H,77,94)(H,78,96)(H,79,95)(H,80,99)(H,81,97)(H,82,98)(H,101,102)/t47-,48?,49-,52+,54-,57-,58-,59+,60-,62-,67-,117?/m0/s1. The molecule has 6 rings (SSSR count). The minimum absolute atomic E-state index is 0.0904. The number of fused-ring (bicyclic) bond motifs is 5. The Balaban J connectivity index is 0.904. The van der Waals surface area contributed by atoms with Crippen LogP contribution in [0.25, 0.3) is 10.9 Å². The number of aliphatic carboxylic acids is 1. The quantitative estimate of drug-likeness (QED) is 0.0286. The molecule has 117 heavy (non-hydrogen) atoms. The van der Waals surface area contributed by atoms with Crippen molar-refractivity contribution in [3.05, 3.63) is 35.2 Å². The molecule has 1 aromatic carbocycles. The molecule has 4 aliphatic rings. The van der Waals surface area contributed by atoms with Gasteiger partial charge in [-0.2, -0.15) is 11.8 Å². The summed E-state index contributed by atoms with van der Waals surface area (Å²) in [5, 5.41) is 58.5. The molecule has 5 heterocycles. The van der Waals surface area contributed by atoms with Gasteiger partial charge in [0, 0.05) is 85.6 Å². The molecule has 4 aliphatic heterocycles. The van der Waals surface area contributed by atoms with Gasteiger partial charge < -0.3 is 130 Å². The van der Waals surface area contributed by atoms with E-state index in [4.69, 9.17) is 67.7 Å². The Morgan fingerprint density at radius 1 is 0.701 bits per heavy atom. The number of carboxylic acids is 1. The molecule has 2 unspecified atom stereocenters. The van der Waals surface area contributed by atoms with Crippen LogP contribution in [0.15, 0.2) is 29.1 Å². The number of aliphatic hydroxyl groups excluding tert-OH is 3. The van der Waals surface area contributed by atoms with Crippen LogP contribution in [0.5, 0.6) is 5.75 Å². The Kier molecular flexibility index (Phi) is 45.8. The number of hydrazine groups is 2. The number of aromatic amines is 1. The van der Waals surface area contributed by atoms with E-state index in [9.17, 15) is 68.1 Å². The summed E-state index contributed by atoms with van der Waals surface area (Å²) in [6.45, 7) is 13.3. The van der Waals surface area contributed by atoms with Gasteiger partial charge in [0.2, 0.25) is 47.3 Å². The van der Waals surface area contributed by atoms with E-state index in [0.29, 0.717) is 173 Å². The van der Waals surface area contributed by atoms with Gasteiger partial charge in [-0.15, -0.1) is 5.53 Å². The Labute approximate surface area is 686 Å². The lowest BCUT2D eigenvalue weighted by Gasteiger charge is -2.32. The van der Waals surface area contributed by atoms with Gasteiger partial charge in [-0.1, -0.05) is 34.1 Å². The third-order valence-electron chi connectivity index (χ3n) is 19.5. The average molecular weight is 1700 g/mol. The van der Waals surface area contributed by atoms with Crippen LogP contribution in [-0.2, 0) is 128 Å². The van der Waals surface area contributed by atoms with Gasteiger partial charge in [-0.25, -0.2) is 0 Å². The fourth-order valence-corrected chi connectivity index (χ4v) is 14.9. The van der Waals surface area contributed by atoms with Crippen LogP contribution in [0, 0.1) is 23.7 Å². The number of rotatable bonds is 51. The molecule has 1 fully saturated rings. The predicted molar refractivity (Wildman–Crippen MR) is 420 cm³/mol. The molecule has 0 spiro atoms. The third-order valence-corrected chi connectivity index (χ3v) is 21.9. The first-order chi connectivity index (χ1) is 56.3. The molecule has 12 atom stereocenters. The molecule has 15 N–H and O–H groups in total. The number of nitrogens with one attached hydrogen (secondary N) is 9. The number of thioether (sulfide) groups is 1. The van der Waals surface area contributed by atoms with Crippen LogP contribution in [-0.4, -0.2) is 343 Å². The van der Waals surface area contributed by atoms with E-state index in [2.05, 4.69) is 47.8 Å². The summed E-state index contributed by atoms with van der Waals surface area (Å²) in [4.78, 5) is 155. The number of hydrogen-bond acceptors (Lipinski definition) is 31. The highest BCUT2D eigenvalue weighted by atomic mass is 32.2. The number of carbonyl (C=O) groups excluding carboxylic acids is 10. The number of ketones is 2. The van der Waals surface area contributed by atoms with Crippen LogP contribution in [0.3, 0.4) is 0 Å². The van der Waals surface area contributed by atoms with Gasteiger partial charge in [0.25, 0.3) is 0 Å². The Morgan fingerprint density at radius 2 is 1.26 bits per heavy atom. The molecule has 2 aromatic rings. The lowest BCUT2D eigenvalue weighted by atomic mass is 9.85. The highest BCUT2D eigenvalue weighted by molar-refractivity contribution is 7.98. The molecule has 1 saturated heterocycles. The van der Waals surface area contributed by atoms with Crippen LogP contribution < -0.4 is 53.3 Å². The van der Waals surface area contributed by atoms with E-state index in [1.165, 1.54) is 32.7 Å². The number of nitrogens with two attached hydrogens (primary N) is 1. The molecular formula is C75H120N12O28S2. The smallest absolute Gasteiger partial charge is 0.306 e. The fraction of sp³-hybridized carbons (Fsp3) is 0.720. The summed E-state index contributed by atoms with van der Waals surface area (Å²) >= 11 is 1.45. The number of ether oxygens (including phenoxy) is 12. The van der Waals surface area contributed by atoms with Crippen LogP contribution in [0.4, 0.5) is 0 Å². The maximum absolute atomic E-state index is 15.4. The van der Waals surface area contributed by atoms with Gasteiger partial charge in [-0.3, -0.25) is 62.0 Å². The number of hydrogen-bond donors (Lipinski definition) is 14. The number of H-pyrrole nitrogens is 1. The van der Waals surface area contributed by atoms with Crippen molar-refractivity contribution < 1.29 is 134 Å². The Bertz CT molecular complexity index is 3550. The SMILES string of the molecule is CC[C@H](C)[C@@H]1CC(=O)CCC(=O)[C@@H]2Cc3c([nH]c4c(CSCCOCCOCCOCCOCCOCCOCCOCCOCCOCCOCCOCCN5C=C(CNC(=O)CC(C)C(=O)O)NN5)c(OC)ccc34)S(=O)C[C@@H](NC(=O)CNC1=O)C(=O)N[C@@H](CC(N)=O)C(=O)N1C[C@H](O)C[C@H]1C(=O)N[C@@H]([C@@H](C)[C@@H](O)CO)C(=O)N2. The molecule has 42 heteroatoms. The second kappa shape index (κ2) is 54.5. The van der Waals surface area contributed by atoms with Crippen molar-refractivity contribution >= 4 is 98.3 Å². The van der Waals surface area contributed by atoms with Crippen molar-refractivity contribution in [2.24, 2.45) is 29.4 Å². The Hall–Kier alpha value is -7.63. The van der Waals surface area contributed by atoms with E-state index in [1.807, 2.05) is 0 Å². The first kappa shape index (κ1) is 98.2. The second-order valence-electron chi connectivity index (χ2n) is 28.2. The number of aliphatic hydroxyl groups is 3. The largest absolute Gasteiger partial charge is 0.496 e. The highest BCUT2D eigenvalue weighted by Gasteiger charge is 2.45. The lowest BCUT2D eigenvalue weighted by molar-refractivity contribution is -0.144. The van der Waals surface area contributed by atoms with E-state index in [0.717, 1.165) is 10.6 Å². The van der Waals surface area contributed by atoms with Gasteiger partial charge >= 0.3 is 5.97 Å². The first-order valence-corrected chi connectivity index (χ1v) is 41.9. The zero-order valence-corrected chi connectivity index (χ0v) is 69.0. The van der Waals surface area contributed by atoms with E-state index < -0.39 is 193 Å². The van der Waals surface area contributed by atoms with E-state index in [1.54, 1.807) is 37.2 Å². The summed E-state index contributed by atoms with van der Waals surface area (Å²) in [7, 11) is -0.976. The third kappa shape index (κ3) is 34.9. The molecule has 0 radical (unpaired) electrons. The number of carboxylic acid groups (broad SMARTS) is 1. The number of benzene rings is 1.